The molecule has 0 fully saturated rings. The first-order chi connectivity index (χ1) is 6.18. The lowest BCUT2D eigenvalue weighted by Crippen LogP contribution is -1.94. The van der Waals surface area contributed by atoms with Crippen molar-refractivity contribution in [2.75, 3.05) is 12.3 Å². The van der Waals surface area contributed by atoms with E-state index in [1.165, 1.54) is 5.57 Å². The maximum atomic E-state index is 5.59. The molecule has 0 spiro atoms. The van der Waals surface area contributed by atoms with Gasteiger partial charge in [-0.2, -0.15) is 0 Å². The van der Waals surface area contributed by atoms with Gasteiger partial charge in [0.15, 0.2) is 0 Å². The fourth-order valence-electron chi connectivity index (χ4n) is 0.909. The van der Waals surface area contributed by atoms with Crippen molar-refractivity contribution in [3.63, 3.8) is 0 Å². The summed E-state index contributed by atoms with van der Waals surface area (Å²) in [6, 6.07) is 7.44. The first-order valence-corrected chi connectivity index (χ1v) is 4.30. The van der Waals surface area contributed by atoms with Crippen LogP contribution in [0.5, 0.6) is 5.75 Å². The molecule has 0 heterocycles. The van der Waals surface area contributed by atoms with Gasteiger partial charge in [-0.05, 0) is 32.1 Å². The van der Waals surface area contributed by atoms with Crippen LogP contribution in [0.2, 0.25) is 0 Å². The predicted molar refractivity (Wildman–Crippen MR) is 55.8 cm³/mol. The Morgan fingerprint density at radius 3 is 2.85 bits per heavy atom. The van der Waals surface area contributed by atoms with Gasteiger partial charge in [0.25, 0.3) is 0 Å². The third-order valence-corrected chi connectivity index (χ3v) is 1.60. The van der Waals surface area contributed by atoms with E-state index in [0.717, 1.165) is 11.4 Å². The molecule has 1 aromatic rings. The number of allylic oxidation sites excluding steroid dienone is 1. The van der Waals surface area contributed by atoms with Gasteiger partial charge in [-0.3, -0.25) is 0 Å². The maximum absolute atomic E-state index is 5.59. The largest absolute Gasteiger partial charge is 0.489 e. The molecule has 0 aliphatic rings. The van der Waals surface area contributed by atoms with E-state index >= 15 is 0 Å². The number of nitrogen functional groups attached to an aromatic ring is 1. The second kappa shape index (κ2) is 4.55. The molecule has 0 atom stereocenters. The lowest BCUT2D eigenvalue weighted by Gasteiger charge is -2.03. The summed E-state index contributed by atoms with van der Waals surface area (Å²) >= 11 is 0. The molecule has 2 nitrogen and oxygen atoms in total. The number of benzene rings is 1. The first-order valence-electron chi connectivity index (χ1n) is 4.30. The van der Waals surface area contributed by atoms with Crippen LogP contribution in [0.3, 0.4) is 0 Å². The Bertz CT molecular complexity index is 301. The average Bonchev–Trinajstić information content (AvgIpc) is 2.03. The normalized spacial score (nSPS) is 9.38. The summed E-state index contributed by atoms with van der Waals surface area (Å²) < 4.78 is 5.44. The van der Waals surface area contributed by atoms with Crippen LogP contribution in [0.25, 0.3) is 0 Å². The minimum Gasteiger partial charge on any atom is -0.489 e. The van der Waals surface area contributed by atoms with Crippen LogP contribution >= 0.6 is 0 Å². The fourth-order valence-corrected chi connectivity index (χ4v) is 0.909. The van der Waals surface area contributed by atoms with E-state index in [2.05, 4.69) is 0 Å². The quantitative estimate of drug-likeness (QED) is 0.569. The SMILES string of the molecule is CC(C)=CCOc1cccc(N)c1. The Balaban J connectivity index is 2.50. The van der Waals surface area contributed by atoms with Gasteiger partial charge in [-0.25, -0.2) is 0 Å². The molecule has 0 saturated heterocycles. The molecule has 70 valence electrons. The lowest BCUT2D eigenvalue weighted by atomic mass is 10.3. The lowest BCUT2D eigenvalue weighted by molar-refractivity contribution is 0.362. The summed E-state index contributed by atoms with van der Waals surface area (Å²) in [5, 5.41) is 0. The van der Waals surface area contributed by atoms with Crippen LogP contribution in [-0.4, -0.2) is 6.61 Å². The van der Waals surface area contributed by atoms with E-state index in [-0.39, 0.29) is 0 Å². The molecule has 13 heavy (non-hydrogen) atoms. The van der Waals surface area contributed by atoms with E-state index in [9.17, 15) is 0 Å². The van der Waals surface area contributed by atoms with E-state index in [1.807, 2.05) is 44.2 Å². The van der Waals surface area contributed by atoms with Crippen LogP contribution in [0, 0.1) is 0 Å². The van der Waals surface area contributed by atoms with Crippen molar-refractivity contribution in [3.05, 3.63) is 35.9 Å². The summed E-state index contributed by atoms with van der Waals surface area (Å²) in [4.78, 5) is 0. The smallest absolute Gasteiger partial charge is 0.121 e. The van der Waals surface area contributed by atoms with Crippen molar-refractivity contribution in [3.8, 4) is 5.75 Å². The van der Waals surface area contributed by atoms with Crippen molar-refractivity contribution in [1.82, 2.24) is 0 Å². The molecule has 0 amide bonds. The minimum absolute atomic E-state index is 0.603. The van der Waals surface area contributed by atoms with Gasteiger partial charge in [0.2, 0.25) is 0 Å². The van der Waals surface area contributed by atoms with Crippen LogP contribution in [0.4, 0.5) is 5.69 Å². The number of ether oxygens (including phenoxy) is 1. The van der Waals surface area contributed by atoms with E-state index < -0.39 is 0 Å². The van der Waals surface area contributed by atoms with Gasteiger partial charge in [-0.15, -0.1) is 0 Å². The zero-order valence-corrected chi connectivity index (χ0v) is 8.08. The monoisotopic (exact) mass is 177 g/mol. The second-order valence-electron chi connectivity index (χ2n) is 3.16. The molecule has 0 saturated carbocycles. The molecular weight excluding hydrogens is 162 g/mol. The summed E-state index contributed by atoms with van der Waals surface area (Å²) in [5.41, 5.74) is 7.58. The highest BCUT2D eigenvalue weighted by Crippen LogP contribution is 2.14. The highest BCUT2D eigenvalue weighted by molar-refractivity contribution is 5.43. The van der Waals surface area contributed by atoms with Crippen molar-refractivity contribution >= 4 is 5.69 Å². The minimum atomic E-state index is 0.603. The number of anilines is 1. The standard InChI is InChI=1S/C11H15NO/c1-9(2)6-7-13-11-5-3-4-10(12)8-11/h3-6,8H,7,12H2,1-2H3. The Hall–Kier alpha value is -1.44. The van der Waals surface area contributed by atoms with Gasteiger partial charge < -0.3 is 10.5 Å². The number of nitrogens with two attached hydrogens (primary N) is 1. The highest BCUT2D eigenvalue weighted by atomic mass is 16.5. The van der Waals surface area contributed by atoms with Crippen LogP contribution < -0.4 is 10.5 Å². The summed E-state index contributed by atoms with van der Waals surface area (Å²) in [6.45, 7) is 4.69. The van der Waals surface area contributed by atoms with Crippen LogP contribution in [0.1, 0.15) is 13.8 Å². The third kappa shape index (κ3) is 3.65. The van der Waals surface area contributed by atoms with Crippen molar-refractivity contribution in [1.29, 1.82) is 0 Å². The van der Waals surface area contributed by atoms with Crippen LogP contribution in [-0.2, 0) is 0 Å². The topological polar surface area (TPSA) is 35.2 Å². The summed E-state index contributed by atoms with van der Waals surface area (Å²) in [6.07, 6.45) is 2.03. The molecule has 0 aliphatic carbocycles. The average molecular weight is 177 g/mol. The van der Waals surface area contributed by atoms with Crippen molar-refractivity contribution in [2.45, 2.75) is 13.8 Å². The van der Waals surface area contributed by atoms with Gasteiger partial charge in [0.05, 0.1) is 0 Å². The molecule has 1 rings (SSSR count). The van der Waals surface area contributed by atoms with E-state index in [4.69, 9.17) is 10.5 Å². The predicted octanol–water partition coefficient (Wildman–Crippen LogP) is 2.61. The highest BCUT2D eigenvalue weighted by Gasteiger charge is 1.91. The summed E-state index contributed by atoms with van der Waals surface area (Å²) in [5.74, 6) is 0.817. The Morgan fingerprint density at radius 1 is 1.46 bits per heavy atom. The molecule has 0 radical (unpaired) electrons. The number of rotatable bonds is 3. The number of hydrogen-bond acceptors (Lipinski definition) is 2. The number of hydrogen-bond donors (Lipinski definition) is 1. The van der Waals surface area contributed by atoms with Crippen molar-refractivity contribution < 1.29 is 4.74 Å². The first kappa shape index (κ1) is 9.65. The maximum Gasteiger partial charge on any atom is 0.121 e. The molecule has 0 aromatic heterocycles. The van der Waals surface area contributed by atoms with Crippen molar-refractivity contribution in [2.24, 2.45) is 0 Å². The molecule has 0 aliphatic heterocycles. The van der Waals surface area contributed by atoms with Gasteiger partial charge in [0.1, 0.15) is 12.4 Å². The Morgan fingerprint density at radius 2 is 2.23 bits per heavy atom. The van der Waals surface area contributed by atoms with Crippen LogP contribution in [0.15, 0.2) is 35.9 Å². The molecule has 1 aromatic carbocycles. The molecule has 2 N–H and O–H groups in total. The summed E-state index contributed by atoms with van der Waals surface area (Å²) in [7, 11) is 0. The molecular formula is C11H15NO. The van der Waals surface area contributed by atoms with E-state index in [0.29, 0.717) is 6.61 Å². The zero-order valence-electron chi connectivity index (χ0n) is 8.08. The molecule has 2 heteroatoms. The Labute approximate surface area is 79.0 Å². The zero-order chi connectivity index (χ0) is 9.68. The second-order valence-corrected chi connectivity index (χ2v) is 3.16. The van der Waals surface area contributed by atoms with Gasteiger partial charge in [0, 0.05) is 11.8 Å². The van der Waals surface area contributed by atoms with Gasteiger partial charge in [-0.1, -0.05) is 11.6 Å². The van der Waals surface area contributed by atoms with E-state index in [1.54, 1.807) is 0 Å². The Kier molecular flexibility index (Phi) is 3.38. The fraction of sp³-hybridized carbons (Fsp3) is 0.273. The third-order valence-electron chi connectivity index (χ3n) is 1.60. The van der Waals surface area contributed by atoms with Gasteiger partial charge >= 0.3 is 0 Å². The molecule has 0 unspecified atom stereocenters. The molecule has 0 bridgehead atoms.